The van der Waals surface area contributed by atoms with Gasteiger partial charge in [-0.3, -0.25) is 0 Å². The predicted molar refractivity (Wildman–Crippen MR) is 97.8 cm³/mol. The van der Waals surface area contributed by atoms with Crippen LogP contribution in [-0.4, -0.2) is 24.8 Å². The fourth-order valence-electron chi connectivity index (χ4n) is 2.13. The van der Waals surface area contributed by atoms with Crippen LogP contribution in [-0.2, 0) is 16.1 Å². The Kier molecular flexibility index (Phi) is 7.48. The zero-order chi connectivity index (χ0) is 18.1. The molecule has 25 heavy (non-hydrogen) atoms. The van der Waals surface area contributed by atoms with Gasteiger partial charge < -0.3 is 14.2 Å². The average molecular weight is 342 g/mol. The van der Waals surface area contributed by atoms with Crippen LogP contribution >= 0.6 is 0 Å². The van der Waals surface area contributed by atoms with Gasteiger partial charge >= 0.3 is 5.97 Å². The van der Waals surface area contributed by atoms with Gasteiger partial charge in [0.15, 0.2) is 0 Å². The van der Waals surface area contributed by atoms with E-state index in [4.69, 9.17) is 14.2 Å². The molecule has 2 atom stereocenters. The lowest BCUT2D eigenvalue weighted by atomic mass is 10.2. The molecule has 0 aromatic heterocycles. The van der Waals surface area contributed by atoms with Crippen LogP contribution in [0.15, 0.2) is 54.6 Å². The van der Waals surface area contributed by atoms with E-state index in [1.807, 2.05) is 44.2 Å². The van der Waals surface area contributed by atoms with Gasteiger partial charge in [0.25, 0.3) is 0 Å². The summed E-state index contributed by atoms with van der Waals surface area (Å²) in [5, 5.41) is 0. The maximum absolute atomic E-state index is 12.1. The van der Waals surface area contributed by atoms with Gasteiger partial charge in [0.1, 0.15) is 18.5 Å². The van der Waals surface area contributed by atoms with Crippen LogP contribution in [0.2, 0.25) is 0 Å². The first kappa shape index (κ1) is 19.0. The first-order valence-electron chi connectivity index (χ1n) is 8.68. The molecular weight excluding hydrogens is 316 g/mol. The van der Waals surface area contributed by atoms with Gasteiger partial charge in [-0.25, -0.2) is 4.79 Å². The van der Waals surface area contributed by atoms with Crippen LogP contribution in [0.25, 0.3) is 0 Å². The molecule has 0 unspecified atom stereocenters. The lowest BCUT2D eigenvalue weighted by molar-refractivity contribution is -0.0186. The van der Waals surface area contributed by atoms with Crippen molar-refractivity contribution >= 4 is 5.97 Å². The molecule has 0 aliphatic heterocycles. The molecule has 0 aliphatic rings. The summed E-state index contributed by atoms with van der Waals surface area (Å²) in [6.07, 6.45) is 0.822. The molecule has 2 rings (SSSR count). The van der Waals surface area contributed by atoms with Crippen LogP contribution in [0, 0.1) is 0 Å². The van der Waals surface area contributed by atoms with Gasteiger partial charge in [-0.15, -0.1) is 0 Å². The number of hydrogen-bond acceptors (Lipinski definition) is 4. The summed E-state index contributed by atoms with van der Waals surface area (Å²) in [5.74, 6) is 0.364. The first-order chi connectivity index (χ1) is 12.1. The van der Waals surface area contributed by atoms with Crippen molar-refractivity contribution in [2.24, 2.45) is 0 Å². The molecule has 4 heteroatoms. The van der Waals surface area contributed by atoms with E-state index in [-0.39, 0.29) is 18.2 Å². The second kappa shape index (κ2) is 9.84. The standard InChI is InChI=1S/C21H26O4/c1-4-16(2)23-14-17(3)25-21(22)19-10-12-20(13-11-19)24-15-18-8-6-5-7-9-18/h5-13,16-17H,4,14-15H2,1-3H3/t16-,17-/m0/s1. The molecule has 0 fully saturated rings. The molecule has 0 saturated carbocycles. The fraction of sp³-hybridized carbons (Fsp3) is 0.381. The lowest BCUT2D eigenvalue weighted by Crippen LogP contribution is -2.23. The topological polar surface area (TPSA) is 44.8 Å². The van der Waals surface area contributed by atoms with E-state index < -0.39 is 0 Å². The second-order valence-electron chi connectivity index (χ2n) is 6.07. The van der Waals surface area contributed by atoms with Crippen LogP contribution < -0.4 is 4.74 Å². The van der Waals surface area contributed by atoms with E-state index in [0.29, 0.717) is 24.5 Å². The molecule has 2 aromatic rings. The predicted octanol–water partition coefficient (Wildman–Crippen LogP) is 4.63. The number of hydrogen-bond donors (Lipinski definition) is 0. The molecule has 0 amide bonds. The molecule has 0 aliphatic carbocycles. The summed E-state index contributed by atoms with van der Waals surface area (Å²) in [6, 6.07) is 16.9. The number of ether oxygens (including phenoxy) is 3. The number of rotatable bonds is 9. The van der Waals surface area contributed by atoms with Crippen molar-refractivity contribution in [2.45, 2.75) is 46.0 Å². The van der Waals surface area contributed by atoms with Crippen molar-refractivity contribution in [3.8, 4) is 5.75 Å². The minimum Gasteiger partial charge on any atom is -0.489 e. The molecular formula is C21H26O4. The molecule has 0 N–H and O–H groups in total. The highest BCUT2D eigenvalue weighted by molar-refractivity contribution is 5.89. The maximum atomic E-state index is 12.1. The number of benzene rings is 2. The Morgan fingerprint density at radius 1 is 0.960 bits per heavy atom. The van der Waals surface area contributed by atoms with E-state index in [9.17, 15) is 4.79 Å². The minimum atomic E-state index is -0.352. The summed E-state index contributed by atoms with van der Waals surface area (Å²) in [6.45, 7) is 6.79. The van der Waals surface area contributed by atoms with Crippen LogP contribution in [0.1, 0.15) is 43.1 Å². The maximum Gasteiger partial charge on any atom is 0.338 e. The monoisotopic (exact) mass is 342 g/mol. The fourth-order valence-corrected chi connectivity index (χ4v) is 2.13. The third-order valence-corrected chi connectivity index (χ3v) is 3.84. The quantitative estimate of drug-likeness (QED) is 0.624. The third-order valence-electron chi connectivity index (χ3n) is 3.84. The highest BCUT2D eigenvalue weighted by Crippen LogP contribution is 2.15. The van der Waals surface area contributed by atoms with Gasteiger partial charge in [-0.05, 0) is 50.1 Å². The summed E-state index contributed by atoms with van der Waals surface area (Å²) < 4.78 is 16.7. The smallest absolute Gasteiger partial charge is 0.338 e. The van der Waals surface area contributed by atoms with E-state index >= 15 is 0 Å². The van der Waals surface area contributed by atoms with Crippen molar-refractivity contribution < 1.29 is 19.0 Å². The summed E-state index contributed by atoms with van der Waals surface area (Å²) >= 11 is 0. The number of esters is 1. The number of carbonyl (C=O) groups excluding carboxylic acids is 1. The second-order valence-corrected chi connectivity index (χ2v) is 6.07. The van der Waals surface area contributed by atoms with E-state index in [1.165, 1.54) is 0 Å². The highest BCUT2D eigenvalue weighted by Gasteiger charge is 2.13. The van der Waals surface area contributed by atoms with Gasteiger partial charge in [0, 0.05) is 0 Å². The number of carbonyl (C=O) groups is 1. The minimum absolute atomic E-state index is 0.169. The molecule has 0 radical (unpaired) electrons. The molecule has 2 aromatic carbocycles. The van der Waals surface area contributed by atoms with E-state index in [0.717, 1.165) is 12.0 Å². The molecule has 0 heterocycles. The first-order valence-corrected chi connectivity index (χ1v) is 8.68. The molecule has 0 saturated heterocycles. The Morgan fingerprint density at radius 3 is 2.28 bits per heavy atom. The highest BCUT2D eigenvalue weighted by atomic mass is 16.6. The third kappa shape index (κ3) is 6.59. The van der Waals surface area contributed by atoms with Gasteiger partial charge in [-0.2, -0.15) is 0 Å². The lowest BCUT2D eigenvalue weighted by Gasteiger charge is -2.16. The van der Waals surface area contributed by atoms with E-state index in [2.05, 4.69) is 6.92 Å². The SMILES string of the molecule is CC[C@H](C)OC[C@H](C)OC(=O)c1ccc(OCc2ccccc2)cc1. The Morgan fingerprint density at radius 2 is 1.64 bits per heavy atom. The van der Waals surface area contributed by atoms with Crippen molar-refractivity contribution in [3.63, 3.8) is 0 Å². The van der Waals surface area contributed by atoms with Crippen molar-refractivity contribution in [1.29, 1.82) is 0 Å². The average Bonchev–Trinajstić information content (AvgIpc) is 2.65. The van der Waals surface area contributed by atoms with Crippen molar-refractivity contribution in [3.05, 3.63) is 65.7 Å². The van der Waals surface area contributed by atoms with E-state index in [1.54, 1.807) is 24.3 Å². The van der Waals surface area contributed by atoms with Gasteiger partial charge in [0.2, 0.25) is 0 Å². The van der Waals surface area contributed by atoms with Crippen LogP contribution in [0.5, 0.6) is 5.75 Å². The Labute approximate surface area is 149 Å². The normalized spacial score (nSPS) is 13.1. The summed E-state index contributed by atoms with van der Waals surface area (Å²) in [7, 11) is 0. The molecule has 0 bridgehead atoms. The molecule has 4 nitrogen and oxygen atoms in total. The molecule has 134 valence electrons. The van der Waals surface area contributed by atoms with Crippen LogP contribution in [0.4, 0.5) is 0 Å². The largest absolute Gasteiger partial charge is 0.489 e. The summed E-state index contributed by atoms with van der Waals surface area (Å²) in [4.78, 5) is 12.1. The van der Waals surface area contributed by atoms with Gasteiger partial charge in [0.05, 0.1) is 18.3 Å². The zero-order valence-electron chi connectivity index (χ0n) is 15.1. The Bertz CT molecular complexity index is 637. The zero-order valence-corrected chi connectivity index (χ0v) is 15.1. The summed E-state index contributed by atoms with van der Waals surface area (Å²) in [5.41, 5.74) is 1.60. The van der Waals surface area contributed by atoms with Crippen LogP contribution in [0.3, 0.4) is 0 Å². The van der Waals surface area contributed by atoms with Crippen molar-refractivity contribution in [2.75, 3.05) is 6.61 Å². The Balaban J connectivity index is 1.81. The van der Waals surface area contributed by atoms with Gasteiger partial charge in [-0.1, -0.05) is 37.3 Å². The Hall–Kier alpha value is -2.33. The van der Waals surface area contributed by atoms with Crippen molar-refractivity contribution in [1.82, 2.24) is 0 Å². The molecule has 0 spiro atoms.